The molecule has 0 aromatic carbocycles. The Morgan fingerprint density at radius 3 is 0.882 bits per heavy atom. The molecule has 0 aliphatic carbocycles. The molecule has 0 heterocycles. The standard InChI is InChI=1S/C74H140O17P2/c1-6-9-12-15-18-21-24-26-28-30-32-35-38-44-49-54-59-73(78)90-69(63-85-72(77)58-53-48-43-37-34-31-29-27-25-22-19-16-13-10-7-2)65-88-92(80,81)86-61-68(75)62-87-93(82,83)89-66-70(91-74(79)60-55-50-45-40-39-41-46-51-56-67(4)5)64-84-71(76)57-52-47-42-36-33-23-20-17-14-11-8-3/h22,25,27,29,67-70,75H,6-21,23-24,26,28,30-66H2,1-5H3,(H,80,81)(H,82,83)/b25-22-,29-27-/t68-,69-,70-/m1/s1. The molecule has 0 saturated carbocycles. The second-order valence-corrected chi connectivity index (χ2v) is 29.4. The average molecular weight is 1360 g/mol. The van der Waals surface area contributed by atoms with Crippen molar-refractivity contribution in [1.29, 1.82) is 0 Å². The molecule has 17 nitrogen and oxygen atoms in total. The number of hydrogen-bond donors (Lipinski definition) is 3. The molecule has 548 valence electrons. The van der Waals surface area contributed by atoms with Crippen molar-refractivity contribution in [1.82, 2.24) is 0 Å². The van der Waals surface area contributed by atoms with Crippen molar-refractivity contribution < 1.29 is 80.2 Å². The predicted octanol–water partition coefficient (Wildman–Crippen LogP) is 21.2. The molecule has 0 amide bonds. The monoisotopic (exact) mass is 1360 g/mol. The summed E-state index contributed by atoms with van der Waals surface area (Å²) in [6.45, 7) is 7.17. The molecule has 0 aromatic rings. The first-order valence-corrected chi connectivity index (χ1v) is 40.9. The van der Waals surface area contributed by atoms with Crippen LogP contribution < -0.4 is 0 Å². The van der Waals surface area contributed by atoms with Gasteiger partial charge in [-0.1, -0.05) is 309 Å². The van der Waals surface area contributed by atoms with Crippen LogP contribution >= 0.6 is 15.6 Å². The van der Waals surface area contributed by atoms with Gasteiger partial charge in [0.25, 0.3) is 0 Å². The predicted molar refractivity (Wildman–Crippen MR) is 377 cm³/mol. The van der Waals surface area contributed by atoms with Crippen molar-refractivity contribution in [3.05, 3.63) is 24.3 Å². The third kappa shape index (κ3) is 67.9. The number of rotatable bonds is 72. The van der Waals surface area contributed by atoms with E-state index in [-0.39, 0.29) is 25.7 Å². The first-order chi connectivity index (χ1) is 45.0. The lowest BCUT2D eigenvalue weighted by Gasteiger charge is -2.21. The van der Waals surface area contributed by atoms with Crippen LogP contribution in [0.3, 0.4) is 0 Å². The number of phosphoric acid groups is 2. The molecule has 3 N–H and O–H groups in total. The summed E-state index contributed by atoms with van der Waals surface area (Å²) in [4.78, 5) is 72.7. The van der Waals surface area contributed by atoms with Gasteiger partial charge in [0.2, 0.25) is 0 Å². The lowest BCUT2D eigenvalue weighted by atomic mass is 10.0. The SMILES string of the molecule is CCCCCC/C=C\C=C/CCCCCCCC(=O)OC[C@H](COP(=O)(O)OC[C@@H](O)COP(=O)(O)OC[C@@H](COC(=O)CCCCCCCCCCCCC)OC(=O)CCCCCCCCCCC(C)C)OC(=O)CCCCCCCCCCCCCCCCCC. The van der Waals surface area contributed by atoms with Gasteiger partial charge in [-0.15, -0.1) is 0 Å². The number of carbonyl (C=O) groups is 4. The van der Waals surface area contributed by atoms with Crippen LogP contribution in [0.15, 0.2) is 24.3 Å². The largest absolute Gasteiger partial charge is 0.472 e. The zero-order valence-electron chi connectivity index (χ0n) is 59.9. The van der Waals surface area contributed by atoms with E-state index in [4.69, 9.17) is 37.0 Å². The van der Waals surface area contributed by atoms with Gasteiger partial charge in [0.1, 0.15) is 19.3 Å². The molecule has 2 unspecified atom stereocenters. The van der Waals surface area contributed by atoms with E-state index in [1.807, 2.05) is 0 Å². The number of phosphoric ester groups is 2. The maximum atomic E-state index is 13.1. The Balaban J connectivity index is 5.28. The highest BCUT2D eigenvalue weighted by Crippen LogP contribution is 2.45. The van der Waals surface area contributed by atoms with Crippen molar-refractivity contribution >= 4 is 39.5 Å². The van der Waals surface area contributed by atoms with E-state index in [0.717, 1.165) is 115 Å². The fourth-order valence-corrected chi connectivity index (χ4v) is 12.4. The molecular weight excluding hydrogens is 1220 g/mol. The lowest BCUT2D eigenvalue weighted by molar-refractivity contribution is -0.161. The van der Waals surface area contributed by atoms with Gasteiger partial charge in [-0.3, -0.25) is 37.3 Å². The minimum absolute atomic E-state index is 0.101. The third-order valence-electron chi connectivity index (χ3n) is 16.7. The maximum Gasteiger partial charge on any atom is 0.472 e. The smallest absolute Gasteiger partial charge is 0.462 e. The van der Waals surface area contributed by atoms with Crippen molar-refractivity contribution in [2.45, 2.75) is 380 Å². The van der Waals surface area contributed by atoms with Crippen LogP contribution in [-0.4, -0.2) is 96.7 Å². The Kier molecular flexibility index (Phi) is 65.0. The van der Waals surface area contributed by atoms with E-state index in [2.05, 4.69) is 58.9 Å². The van der Waals surface area contributed by atoms with Gasteiger partial charge >= 0.3 is 39.5 Å². The number of aliphatic hydroxyl groups is 1. The Morgan fingerprint density at radius 2 is 0.581 bits per heavy atom. The van der Waals surface area contributed by atoms with Crippen LogP contribution in [0.1, 0.15) is 362 Å². The van der Waals surface area contributed by atoms with Gasteiger partial charge < -0.3 is 33.8 Å². The zero-order chi connectivity index (χ0) is 68.4. The van der Waals surface area contributed by atoms with Crippen molar-refractivity contribution in [2.75, 3.05) is 39.6 Å². The summed E-state index contributed by atoms with van der Waals surface area (Å²) in [5.41, 5.74) is 0. The van der Waals surface area contributed by atoms with Crippen LogP contribution in [0.4, 0.5) is 0 Å². The molecule has 0 aliphatic rings. The summed E-state index contributed by atoms with van der Waals surface area (Å²) in [5, 5.41) is 10.6. The lowest BCUT2D eigenvalue weighted by Crippen LogP contribution is -2.30. The summed E-state index contributed by atoms with van der Waals surface area (Å²) in [6.07, 6.45) is 57.6. The van der Waals surface area contributed by atoms with E-state index in [1.165, 1.54) is 167 Å². The summed E-state index contributed by atoms with van der Waals surface area (Å²) in [7, 11) is -9.92. The Labute approximate surface area is 567 Å². The molecule has 93 heavy (non-hydrogen) atoms. The van der Waals surface area contributed by atoms with Gasteiger partial charge in [0.15, 0.2) is 12.2 Å². The third-order valence-corrected chi connectivity index (χ3v) is 18.6. The summed E-state index contributed by atoms with van der Waals surface area (Å²) < 4.78 is 68.4. The molecular formula is C74H140O17P2. The van der Waals surface area contributed by atoms with E-state index >= 15 is 0 Å². The van der Waals surface area contributed by atoms with E-state index in [9.17, 15) is 43.2 Å². The van der Waals surface area contributed by atoms with E-state index < -0.39 is 97.5 Å². The maximum absolute atomic E-state index is 13.1. The Hall–Kier alpha value is -2.46. The molecule has 0 rings (SSSR count). The van der Waals surface area contributed by atoms with Crippen molar-refractivity contribution in [2.24, 2.45) is 5.92 Å². The van der Waals surface area contributed by atoms with Gasteiger partial charge in [-0.25, -0.2) is 9.13 Å². The zero-order valence-corrected chi connectivity index (χ0v) is 61.7. The van der Waals surface area contributed by atoms with Crippen LogP contribution in [-0.2, 0) is 65.4 Å². The number of hydrogen-bond acceptors (Lipinski definition) is 15. The molecule has 0 bridgehead atoms. The van der Waals surface area contributed by atoms with Gasteiger partial charge in [-0.05, 0) is 57.3 Å². The first kappa shape index (κ1) is 90.5. The molecule has 0 saturated heterocycles. The molecule has 19 heteroatoms. The highest BCUT2D eigenvalue weighted by Gasteiger charge is 2.30. The fraction of sp³-hybridized carbons (Fsp3) is 0.892. The number of esters is 4. The summed E-state index contributed by atoms with van der Waals surface area (Å²) >= 11 is 0. The average Bonchev–Trinajstić information content (AvgIpc) is 2.46. The molecule has 0 aliphatic heterocycles. The normalized spacial score (nSPS) is 14.2. The first-order valence-electron chi connectivity index (χ1n) is 38.0. The van der Waals surface area contributed by atoms with Crippen LogP contribution in [0, 0.1) is 5.92 Å². The minimum atomic E-state index is -4.96. The van der Waals surface area contributed by atoms with Crippen LogP contribution in [0.5, 0.6) is 0 Å². The highest BCUT2D eigenvalue weighted by molar-refractivity contribution is 7.47. The second kappa shape index (κ2) is 66.8. The number of carbonyl (C=O) groups excluding carboxylic acids is 4. The molecule has 0 radical (unpaired) electrons. The topological polar surface area (TPSA) is 237 Å². The Bertz CT molecular complexity index is 1880. The number of unbranched alkanes of at least 4 members (excludes halogenated alkanes) is 41. The fourth-order valence-electron chi connectivity index (χ4n) is 10.8. The summed E-state index contributed by atoms with van der Waals surface area (Å²) in [6, 6.07) is 0. The Morgan fingerprint density at radius 1 is 0.333 bits per heavy atom. The second-order valence-electron chi connectivity index (χ2n) is 26.5. The number of aliphatic hydroxyl groups excluding tert-OH is 1. The van der Waals surface area contributed by atoms with Crippen molar-refractivity contribution in [3.63, 3.8) is 0 Å². The van der Waals surface area contributed by atoms with Gasteiger partial charge in [0, 0.05) is 25.7 Å². The van der Waals surface area contributed by atoms with E-state index in [0.29, 0.717) is 25.7 Å². The summed E-state index contributed by atoms with van der Waals surface area (Å²) in [5.74, 6) is -1.43. The van der Waals surface area contributed by atoms with Gasteiger partial charge in [0.05, 0.1) is 26.4 Å². The highest BCUT2D eigenvalue weighted by atomic mass is 31.2. The minimum Gasteiger partial charge on any atom is -0.462 e. The van der Waals surface area contributed by atoms with E-state index in [1.54, 1.807) is 0 Å². The quantitative estimate of drug-likeness (QED) is 0.0169. The van der Waals surface area contributed by atoms with Crippen LogP contribution in [0.25, 0.3) is 0 Å². The number of ether oxygens (including phenoxy) is 4. The number of allylic oxidation sites excluding steroid dienone is 4. The molecule has 0 aromatic heterocycles. The van der Waals surface area contributed by atoms with Crippen LogP contribution in [0.2, 0.25) is 0 Å². The molecule has 5 atom stereocenters. The molecule has 0 spiro atoms. The molecule has 0 fully saturated rings. The van der Waals surface area contributed by atoms with Crippen molar-refractivity contribution in [3.8, 4) is 0 Å². The van der Waals surface area contributed by atoms with Gasteiger partial charge in [-0.2, -0.15) is 0 Å².